The van der Waals surface area contributed by atoms with Crippen molar-refractivity contribution in [1.29, 1.82) is 0 Å². The van der Waals surface area contributed by atoms with Crippen molar-refractivity contribution in [1.82, 2.24) is 4.98 Å². The van der Waals surface area contributed by atoms with Gasteiger partial charge in [-0.25, -0.2) is 4.98 Å². The van der Waals surface area contributed by atoms with Crippen molar-refractivity contribution in [2.45, 2.75) is 32.3 Å². The molecule has 1 heterocycles. The highest BCUT2D eigenvalue weighted by atomic mass is 16.5. The molecule has 2 aliphatic rings. The molecule has 2 aliphatic carbocycles. The second-order valence-electron chi connectivity index (χ2n) is 8.71. The van der Waals surface area contributed by atoms with Gasteiger partial charge in [-0.1, -0.05) is 42.5 Å². The van der Waals surface area contributed by atoms with E-state index in [1.54, 1.807) is 6.20 Å². The van der Waals surface area contributed by atoms with Gasteiger partial charge in [-0.15, -0.1) is 0 Å². The van der Waals surface area contributed by atoms with Crippen LogP contribution in [0.5, 0.6) is 5.75 Å². The van der Waals surface area contributed by atoms with Crippen molar-refractivity contribution < 1.29 is 14.6 Å². The number of allylic oxidation sites excluding steroid dienone is 3. The number of benzene rings is 2. The van der Waals surface area contributed by atoms with Gasteiger partial charge in [0.1, 0.15) is 17.7 Å². The topological polar surface area (TPSA) is 85.4 Å². The number of pyridine rings is 1. The molecule has 2 unspecified atom stereocenters. The number of aryl methyl sites for hydroxylation is 1. The van der Waals surface area contributed by atoms with Crippen molar-refractivity contribution in [2.24, 2.45) is 11.8 Å². The van der Waals surface area contributed by atoms with Crippen LogP contribution in [0.25, 0.3) is 16.3 Å². The minimum atomic E-state index is -0.846. The van der Waals surface area contributed by atoms with Crippen molar-refractivity contribution in [3.8, 4) is 5.75 Å². The van der Waals surface area contributed by atoms with Gasteiger partial charge < -0.3 is 15.6 Å². The van der Waals surface area contributed by atoms with Crippen LogP contribution < -0.4 is 10.5 Å². The van der Waals surface area contributed by atoms with Crippen LogP contribution in [-0.2, 0) is 11.2 Å². The number of nitrogens with two attached hydrogens (primary N) is 1. The van der Waals surface area contributed by atoms with E-state index in [0.717, 1.165) is 45.9 Å². The Morgan fingerprint density at radius 1 is 1.22 bits per heavy atom. The molecule has 3 atom stereocenters. The summed E-state index contributed by atoms with van der Waals surface area (Å²) in [5.74, 6) is 1.06. The number of hydrogen-bond acceptors (Lipinski definition) is 4. The maximum absolute atomic E-state index is 11.4. The van der Waals surface area contributed by atoms with Gasteiger partial charge in [0, 0.05) is 23.1 Å². The predicted molar refractivity (Wildman–Crippen MR) is 126 cm³/mol. The molecular weight excluding hydrogens is 400 g/mol. The van der Waals surface area contributed by atoms with E-state index >= 15 is 0 Å². The zero-order valence-corrected chi connectivity index (χ0v) is 18.0. The summed E-state index contributed by atoms with van der Waals surface area (Å²) in [7, 11) is 0. The fraction of sp³-hybridized carbons (Fsp3) is 0.259. The summed E-state index contributed by atoms with van der Waals surface area (Å²) in [6.07, 6.45) is 10.5. The van der Waals surface area contributed by atoms with Crippen LogP contribution >= 0.6 is 0 Å². The standard InChI is InChI=1S/C27H26N2O3/c1-16-3-2-4-24(21(16)15-26(30)31)32-25-10-9-17-5-7-19(13-22(17)25)20-8-6-18-11-12-29-27(28)23(18)14-20/h2-8,11-14,17,22,25H,9-10,15H2,1H3,(H2,28,29)(H,30,31)/t17?,22?,25-/m1/s1. The molecule has 5 heteroatoms. The van der Waals surface area contributed by atoms with Crippen LogP contribution in [0.2, 0.25) is 0 Å². The molecule has 0 bridgehead atoms. The fourth-order valence-electron chi connectivity index (χ4n) is 4.99. The zero-order valence-electron chi connectivity index (χ0n) is 18.0. The largest absolute Gasteiger partial charge is 0.489 e. The summed E-state index contributed by atoms with van der Waals surface area (Å²) in [6.45, 7) is 1.93. The van der Waals surface area contributed by atoms with Crippen molar-refractivity contribution >= 4 is 28.1 Å². The summed E-state index contributed by atoms with van der Waals surface area (Å²) >= 11 is 0. The van der Waals surface area contributed by atoms with E-state index in [2.05, 4.69) is 41.4 Å². The van der Waals surface area contributed by atoms with Crippen LogP contribution in [0.1, 0.15) is 29.5 Å². The highest BCUT2D eigenvalue weighted by Gasteiger charge is 2.37. The highest BCUT2D eigenvalue weighted by Crippen LogP contribution is 2.42. The van der Waals surface area contributed by atoms with E-state index < -0.39 is 5.97 Å². The number of fused-ring (bicyclic) bond motifs is 2. The lowest BCUT2D eigenvalue weighted by molar-refractivity contribution is -0.136. The normalized spacial score (nSPS) is 21.9. The molecule has 0 amide bonds. The first kappa shape index (κ1) is 20.3. The monoisotopic (exact) mass is 426 g/mol. The van der Waals surface area contributed by atoms with Gasteiger partial charge in [-0.2, -0.15) is 0 Å². The van der Waals surface area contributed by atoms with Crippen molar-refractivity contribution in [3.63, 3.8) is 0 Å². The number of ether oxygens (including phenoxy) is 1. The molecule has 1 saturated carbocycles. The molecular formula is C27H26N2O3. The lowest BCUT2D eigenvalue weighted by atomic mass is 9.85. The van der Waals surface area contributed by atoms with Crippen molar-refractivity contribution in [2.75, 3.05) is 5.73 Å². The molecule has 0 radical (unpaired) electrons. The Bertz CT molecular complexity index is 1260. The second-order valence-corrected chi connectivity index (χ2v) is 8.71. The van der Waals surface area contributed by atoms with E-state index in [1.807, 2.05) is 31.2 Å². The number of aliphatic carboxylic acids is 1. The number of carbonyl (C=O) groups is 1. The number of carboxylic acids is 1. The van der Waals surface area contributed by atoms with Gasteiger partial charge in [0.25, 0.3) is 0 Å². The predicted octanol–water partition coefficient (Wildman–Crippen LogP) is 5.18. The number of nitrogen functional groups attached to an aromatic ring is 1. The summed E-state index contributed by atoms with van der Waals surface area (Å²) in [5, 5.41) is 11.4. The van der Waals surface area contributed by atoms with E-state index in [-0.39, 0.29) is 18.4 Å². The van der Waals surface area contributed by atoms with E-state index in [4.69, 9.17) is 10.5 Å². The Morgan fingerprint density at radius 3 is 2.94 bits per heavy atom. The third kappa shape index (κ3) is 3.75. The second kappa shape index (κ2) is 8.15. The molecule has 0 aliphatic heterocycles. The number of aromatic nitrogens is 1. The smallest absolute Gasteiger partial charge is 0.307 e. The highest BCUT2D eigenvalue weighted by molar-refractivity contribution is 5.94. The maximum Gasteiger partial charge on any atom is 0.307 e. The summed E-state index contributed by atoms with van der Waals surface area (Å²) in [4.78, 5) is 15.6. The molecule has 1 fully saturated rings. The number of hydrogen-bond donors (Lipinski definition) is 2. The van der Waals surface area contributed by atoms with E-state index in [0.29, 0.717) is 17.5 Å². The SMILES string of the molecule is Cc1cccc(O[C@@H]2CCC3C=CC(c4ccc5ccnc(N)c5c4)=CC32)c1CC(=O)O. The molecule has 3 aromatic rings. The third-order valence-electron chi connectivity index (χ3n) is 6.71. The Kier molecular flexibility index (Phi) is 5.17. The number of carboxylic acid groups (broad SMARTS) is 1. The van der Waals surface area contributed by atoms with Gasteiger partial charge in [0.15, 0.2) is 0 Å². The quantitative estimate of drug-likeness (QED) is 0.587. The van der Waals surface area contributed by atoms with Crippen molar-refractivity contribution in [3.05, 3.63) is 83.6 Å². The molecule has 0 saturated heterocycles. The van der Waals surface area contributed by atoms with Crippen LogP contribution in [0, 0.1) is 18.8 Å². The lowest BCUT2D eigenvalue weighted by Gasteiger charge is -2.26. The fourth-order valence-corrected chi connectivity index (χ4v) is 4.99. The van der Waals surface area contributed by atoms with Crippen LogP contribution in [-0.4, -0.2) is 22.2 Å². The third-order valence-corrected chi connectivity index (χ3v) is 6.71. The molecule has 0 spiro atoms. The summed E-state index contributed by atoms with van der Waals surface area (Å²) in [5.41, 5.74) is 10.1. The number of anilines is 1. The first-order valence-corrected chi connectivity index (χ1v) is 11.0. The Balaban J connectivity index is 1.44. The number of rotatable bonds is 5. The average molecular weight is 427 g/mol. The molecule has 5 rings (SSSR count). The molecule has 5 nitrogen and oxygen atoms in total. The van der Waals surface area contributed by atoms with Gasteiger partial charge in [0.2, 0.25) is 0 Å². The molecule has 162 valence electrons. The van der Waals surface area contributed by atoms with Gasteiger partial charge in [0.05, 0.1) is 6.42 Å². The van der Waals surface area contributed by atoms with Crippen LogP contribution in [0.15, 0.2) is 66.9 Å². The van der Waals surface area contributed by atoms with Crippen LogP contribution in [0.4, 0.5) is 5.82 Å². The van der Waals surface area contributed by atoms with E-state index in [9.17, 15) is 9.90 Å². The Labute approximate surface area is 187 Å². The first-order chi connectivity index (χ1) is 15.5. The molecule has 2 aromatic carbocycles. The minimum absolute atomic E-state index is 0.0153. The van der Waals surface area contributed by atoms with Gasteiger partial charge in [-0.3, -0.25) is 4.79 Å². The first-order valence-electron chi connectivity index (χ1n) is 11.0. The van der Waals surface area contributed by atoms with E-state index in [1.165, 1.54) is 0 Å². The minimum Gasteiger partial charge on any atom is -0.489 e. The lowest BCUT2D eigenvalue weighted by Crippen LogP contribution is -2.25. The maximum atomic E-state index is 11.4. The number of nitrogens with zero attached hydrogens (tertiary/aromatic N) is 1. The average Bonchev–Trinajstić information content (AvgIpc) is 3.18. The molecule has 1 aromatic heterocycles. The van der Waals surface area contributed by atoms with Crippen LogP contribution in [0.3, 0.4) is 0 Å². The van der Waals surface area contributed by atoms with Gasteiger partial charge >= 0.3 is 5.97 Å². The molecule has 3 N–H and O–H groups in total. The Hall–Kier alpha value is -3.60. The molecule has 32 heavy (non-hydrogen) atoms. The zero-order chi connectivity index (χ0) is 22.2. The Morgan fingerprint density at radius 2 is 2.09 bits per heavy atom. The summed E-state index contributed by atoms with van der Waals surface area (Å²) in [6, 6.07) is 14.0. The summed E-state index contributed by atoms with van der Waals surface area (Å²) < 4.78 is 6.46. The van der Waals surface area contributed by atoms with Gasteiger partial charge in [-0.05, 0) is 66.0 Å².